The van der Waals surface area contributed by atoms with Crippen LogP contribution in [0.5, 0.6) is 0 Å². The maximum Gasteiger partial charge on any atom is 0.237 e. The lowest BCUT2D eigenvalue weighted by molar-refractivity contribution is -0.133. The molecule has 2 amide bonds. The van der Waals surface area contributed by atoms with Gasteiger partial charge < -0.3 is 10.6 Å². The molecule has 7 heteroatoms. The van der Waals surface area contributed by atoms with E-state index >= 15 is 0 Å². The zero-order chi connectivity index (χ0) is 14.7. The Morgan fingerprint density at radius 3 is 2.90 bits per heavy atom. The van der Waals surface area contributed by atoms with Gasteiger partial charge in [-0.3, -0.25) is 14.5 Å². The molecule has 0 aliphatic carbocycles. The summed E-state index contributed by atoms with van der Waals surface area (Å²) in [7, 11) is 1.87. The summed E-state index contributed by atoms with van der Waals surface area (Å²) in [6.07, 6.45) is 0.186. The summed E-state index contributed by atoms with van der Waals surface area (Å²) in [4.78, 5) is 31.1. The fourth-order valence-corrected chi connectivity index (χ4v) is 2.99. The number of nitrogens with one attached hydrogen (secondary N) is 2. The summed E-state index contributed by atoms with van der Waals surface area (Å²) in [5.74, 6) is -0.195. The van der Waals surface area contributed by atoms with Gasteiger partial charge in [0.2, 0.25) is 11.8 Å². The highest BCUT2D eigenvalue weighted by atomic mass is 32.1. The van der Waals surface area contributed by atoms with Crippen LogP contribution in [0.15, 0.2) is 0 Å². The van der Waals surface area contributed by atoms with Crippen molar-refractivity contribution < 1.29 is 9.59 Å². The third kappa shape index (κ3) is 3.55. The van der Waals surface area contributed by atoms with Gasteiger partial charge in [0.15, 0.2) is 0 Å². The number of nitrogens with zero attached hydrogens (tertiary/aromatic N) is 2. The average molecular weight is 296 g/mol. The largest absolute Gasteiger partial charge is 0.353 e. The lowest BCUT2D eigenvalue weighted by atomic mass is 10.1. The third-order valence-corrected chi connectivity index (χ3v) is 4.56. The molecule has 0 aromatic carbocycles. The fraction of sp³-hybridized carbons (Fsp3) is 0.615. The van der Waals surface area contributed by atoms with E-state index < -0.39 is 0 Å². The highest BCUT2D eigenvalue weighted by molar-refractivity contribution is 7.11. The molecule has 110 valence electrons. The lowest BCUT2D eigenvalue weighted by Gasteiger charge is -2.31. The number of hydrogen-bond donors (Lipinski definition) is 2. The molecule has 1 atom stereocenters. The first-order chi connectivity index (χ1) is 9.47. The van der Waals surface area contributed by atoms with E-state index in [9.17, 15) is 9.59 Å². The van der Waals surface area contributed by atoms with E-state index in [1.807, 2.05) is 25.8 Å². The summed E-state index contributed by atoms with van der Waals surface area (Å²) < 4.78 is 0. The molecule has 1 fully saturated rings. The SMILES string of the molecule is Cc1nc(CNC(=O)CC2C(=O)NCCN2C)sc1C. The Bertz CT molecular complexity index is 495. The van der Waals surface area contributed by atoms with Gasteiger partial charge in [0.05, 0.1) is 24.7 Å². The van der Waals surface area contributed by atoms with Crippen LogP contribution in [0.1, 0.15) is 22.0 Å². The average Bonchev–Trinajstić information content (AvgIpc) is 2.71. The van der Waals surface area contributed by atoms with E-state index in [0.29, 0.717) is 13.1 Å². The molecule has 0 bridgehead atoms. The lowest BCUT2D eigenvalue weighted by Crippen LogP contribution is -2.54. The molecule has 0 radical (unpaired) electrons. The maximum atomic E-state index is 11.9. The van der Waals surface area contributed by atoms with Gasteiger partial charge in [-0.25, -0.2) is 4.98 Å². The van der Waals surface area contributed by atoms with E-state index in [1.165, 1.54) is 4.88 Å². The minimum absolute atomic E-state index is 0.0742. The van der Waals surface area contributed by atoms with Crippen molar-refractivity contribution in [2.24, 2.45) is 0 Å². The molecule has 1 saturated heterocycles. The van der Waals surface area contributed by atoms with Gasteiger partial charge in [-0.15, -0.1) is 11.3 Å². The first-order valence-electron chi connectivity index (χ1n) is 6.65. The number of aryl methyl sites for hydroxylation is 2. The van der Waals surface area contributed by atoms with Crippen LogP contribution in [-0.4, -0.2) is 47.9 Å². The number of amides is 2. The van der Waals surface area contributed by atoms with Crippen LogP contribution in [0.25, 0.3) is 0 Å². The molecule has 20 heavy (non-hydrogen) atoms. The topological polar surface area (TPSA) is 74.3 Å². The Balaban J connectivity index is 1.84. The summed E-state index contributed by atoms with van der Waals surface area (Å²) in [6.45, 7) is 5.81. The van der Waals surface area contributed by atoms with Crippen molar-refractivity contribution in [3.63, 3.8) is 0 Å². The van der Waals surface area contributed by atoms with Crippen molar-refractivity contribution >= 4 is 23.2 Å². The summed E-state index contributed by atoms with van der Waals surface area (Å²) >= 11 is 1.59. The van der Waals surface area contributed by atoms with Gasteiger partial charge >= 0.3 is 0 Å². The van der Waals surface area contributed by atoms with Crippen molar-refractivity contribution in [3.8, 4) is 0 Å². The van der Waals surface area contributed by atoms with Crippen LogP contribution in [0.4, 0.5) is 0 Å². The highest BCUT2D eigenvalue weighted by Gasteiger charge is 2.28. The molecular formula is C13H20N4O2S. The molecule has 2 heterocycles. The molecule has 0 spiro atoms. The molecule has 1 aromatic heterocycles. The van der Waals surface area contributed by atoms with Gasteiger partial charge in [-0.2, -0.15) is 0 Å². The second kappa shape index (κ2) is 6.32. The quantitative estimate of drug-likeness (QED) is 0.832. The number of likely N-dealkylation sites (N-methyl/N-ethyl adjacent to an activating group) is 1. The van der Waals surface area contributed by atoms with Gasteiger partial charge in [-0.05, 0) is 20.9 Å². The molecule has 2 rings (SSSR count). The first-order valence-corrected chi connectivity index (χ1v) is 7.46. The minimum Gasteiger partial charge on any atom is -0.353 e. The number of carbonyl (C=O) groups is 2. The van der Waals surface area contributed by atoms with Crippen LogP contribution >= 0.6 is 11.3 Å². The summed E-state index contributed by atoms with van der Waals surface area (Å²) in [6, 6.07) is -0.372. The molecule has 1 aliphatic heterocycles. The van der Waals surface area contributed by atoms with Gasteiger partial charge in [-0.1, -0.05) is 0 Å². The second-order valence-electron chi connectivity index (χ2n) is 5.02. The van der Waals surface area contributed by atoms with E-state index in [0.717, 1.165) is 17.2 Å². The van der Waals surface area contributed by atoms with Crippen molar-refractivity contribution in [2.45, 2.75) is 32.9 Å². The Hall–Kier alpha value is -1.47. The Morgan fingerprint density at radius 1 is 1.55 bits per heavy atom. The van der Waals surface area contributed by atoms with E-state index in [1.54, 1.807) is 11.3 Å². The second-order valence-corrected chi connectivity index (χ2v) is 6.31. The molecule has 0 saturated carbocycles. The smallest absolute Gasteiger partial charge is 0.237 e. The standard InChI is InChI=1S/C13H20N4O2S/c1-8-9(2)20-12(16-8)7-15-11(18)6-10-13(19)14-4-5-17(10)3/h10H,4-7H2,1-3H3,(H,14,19)(H,15,18). The third-order valence-electron chi connectivity index (χ3n) is 3.49. The molecule has 1 aromatic rings. The zero-order valence-electron chi connectivity index (χ0n) is 12.0. The minimum atomic E-state index is -0.372. The van der Waals surface area contributed by atoms with E-state index in [2.05, 4.69) is 15.6 Å². The van der Waals surface area contributed by atoms with E-state index in [-0.39, 0.29) is 24.3 Å². The highest BCUT2D eigenvalue weighted by Crippen LogP contribution is 2.16. The number of carbonyl (C=O) groups excluding carboxylic acids is 2. The normalized spacial score (nSPS) is 19.8. The molecule has 6 nitrogen and oxygen atoms in total. The maximum absolute atomic E-state index is 11.9. The molecule has 2 N–H and O–H groups in total. The zero-order valence-corrected chi connectivity index (χ0v) is 12.8. The molecular weight excluding hydrogens is 276 g/mol. The van der Waals surface area contributed by atoms with Crippen molar-refractivity contribution in [1.29, 1.82) is 0 Å². The van der Waals surface area contributed by atoms with Crippen molar-refractivity contribution in [2.75, 3.05) is 20.1 Å². The van der Waals surface area contributed by atoms with Crippen LogP contribution in [0, 0.1) is 13.8 Å². The van der Waals surface area contributed by atoms with Gasteiger partial charge in [0, 0.05) is 18.0 Å². The predicted octanol–water partition coefficient (Wildman–Crippen LogP) is 0.196. The first kappa shape index (κ1) is 14.9. The number of aromatic nitrogens is 1. The van der Waals surface area contributed by atoms with Crippen LogP contribution in [0.2, 0.25) is 0 Å². The van der Waals surface area contributed by atoms with Crippen LogP contribution in [-0.2, 0) is 16.1 Å². The summed E-state index contributed by atoms with van der Waals surface area (Å²) in [5.41, 5.74) is 1.01. The molecule has 1 unspecified atom stereocenters. The summed E-state index contributed by atoms with van der Waals surface area (Å²) in [5, 5.41) is 6.51. The number of thiazole rings is 1. The fourth-order valence-electron chi connectivity index (χ4n) is 2.11. The monoisotopic (exact) mass is 296 g/mol. The molecule has 1 aliphatic rings. The van der Waals surface area contributed by atoms with Gasteiger partial charge in [0.1, 0.15) is 5.01 Å². The number of hydrogen-bond acceptors (Lipinski definition) is 5. The Kier molecular flexibility index (Phi) is 4.72. The van der Waals surface area contributed by atoms with Crippen molar-refractivity contribution in [1.82, 2.24) is 20.5 Å². The number of rotatable bonds is 4. The van der Waals surface area contributed by atoms with Crippen LogP contribution < -0.4 is 10.6 Å². The van der Waals surface area contributed by atoms with E-state index in [4.69, 9.17) is 0 Å². The predicted molar refractivity (Wildman–Crippen MR) is 77.5 cm³/mol. The number of piperazine rings is 1. The van der Waals surface area contributed by atoms with Crippen LogP contribution in [0.3, 0.4) is 0 Å². The Labute approximate surface area is 122 Å². The Morgan fingerprint density at radius 2 is 2.30 bits per heavy atom. The van der Waals surface area contributed by atoms with Gasteiger partial charge in [0.25, 0.3) is 0 Å². The van der Waals surface area contributed by atoms with Crippen molar-refractivity contribution in [3.05, 3.63) is 15.6 Å².